The van der Waals surface area contributed by atoms with Crippen molar-refractivity contribution in [3.63, 3.8) is 0 Å². The Morgan fingerprint density at radius 3 is 2.45 bits per heavy atom. The first-order chi connectivity index (χ1) is 5.02. The molecule has 0 spiro atoms. The van der Waals surface area contributed by atoms with Gasteiger partial charge in [-0.3, -0.25) is 0 Å². The van der Waals surface area contributed by atoms with Crippen LogP contribution in [0.3, 0.4) is 0 Å². The van der Waals surface area contributed by atoms with Gasteiger partial charge in [-0.15, -0.1) is 0 Å². The normalized spacial score (nSPS) is 14.9. The Bertz CT molecular complexity index is 206. The van der Waals surface area contributed by atoms with Crippen LogP contribution in [0.15, 0.2) is 22.8 Å². The van der Waals surface area contributed by atoms with Gasteiger partial charge < -0.3 is 9.52 Å². The van der Waals surface area contributed by atoms with Crippen molar-refractivity contribution in [1.82, 2.24) is 0 Å². The van der Waals surface area contributed by atoms with Gasteiger partial charge in [-0.2, -0.15) is 0 Å². The molecule has 0 unspecified atom stereocenters. The van der Waals surface area contributed by atoms with Crippen LogP contribution in [-0.4, -0.2) is 5.11 Å². The molecule has 2 heteroatoms. The average Bonchev–Trinajstić information content (AvgIpc) is 2.34. The number of hydrogen-bond donors (Lipinski definition) is 1. The Kier molecular flexibility index (Phi) is 2.05. The third kappa shape index (κ3) is 1.84. The number of aliphatic hydroxyl groups excluding tert-OH is 1. The highest BCUT2D eigenvalue weighted by Gasteiger charge is 2.25. The highest BCUT2D eigenvalue weighted by Crippen LogP contribution is 2.32. The van der Waals surface area contributed by atoms with Crippen molar-refractivity contribution >= 4 is 0 Å². The van der Waals surface area contributed by atoms with Crippen molar-refractivity contribution in [3.8, 4) is 0 Å². The van der Waals surface area contributed by atoms with Crippen LogP contribution in [0.5, 0.6) is 0 Å². The van der Waals surface area contributed by atoms with Crippen LogP contribution in [0.25, 0.3) is 0 Å². The van der Waals surface area contributed by atoms with Crippen LogP contribution in [-0.2, 0) is 0 Å². The maximum absolute atomic E-state index is 9.65. The minimum atomic E-state index is -0.516. The van der Waals surface area contributed by atoms with E-state index >= 15 is 0 Å². The summed E-state index contributed by atoms with van der Waals surface area (Å²) >= 11 is 0. The summed E-state index contributed by atoms with van der Waals surface area (Å²) in [7, 11) is 0. The second-order valence-corrected chi connectivity index (χ2v) is 3.78. The van der Waals surface area contributed by atoms with Gasteiger partial charge in [0, 0.05) is 0 Å². The van der Waals surface area contributed by atoms with E-state index in [9.17, 15) is 5.11 Å². The molecular formula is C9H14O2. The molecule has 2 nitrogen and oxygen atoms in total. The lowest BCUT2D eigenvalue weighted by atomic mass is 9.88. The molecule has 0 aliphatic rings. The highest BCUT2D eigenvalue weighted by atomic mass is 16.4. The van der Waals surface area contributed by atoms with Gasteiger partial charge in [0.2, 0.25) is 0 Å². The van der Waals surface area contributed by atoms with Crippen LogP contribution < -0.4 is 0 Å². The van der Waals surface area contributed by atoms with Gasteiger partial charge >= 0.3 is 0 Å². The first kappa shape index (κ1) is 8.34. The van der Waals surface area contributed by atoms with Crippen molar-refractivity contribution in [2.24, 2.45) is 5.41 Å². The molecule has 1 N–H and O–H groups in total. The molecule has 0 bridgehead atoms. The lowest BCUT2D eigenvalue weighted by Gasteiger charge is -2.23. The Balaban J connectivity index is 2.78. The van der Waals surface area contributed by atoms with E-state index in [1.165, 1.54) is 0 Å². The third-order valence-electron chi connectivity index (χ3n) is 1.63. The van der Waals surface area contributed by atoms with Crippen LogP contribution in [0.1, 0.15) is 32.6 Å². The van der Waals surface area contributed by atoms with E-state index in [0.29, 0.717) is 5.76 Å². The van der Waals surface area contributed by atoms with Crippen molar-refractivity contribution < 1.29 is 9.52 Å². The number of rotatable bonds is 1. The minimum Gasteiger partial charge on any atom is -0.467 e. The lowest BCUT2D eigenvalue weighted by Crippen LogP contribution is -2.16. The van der Waals surface area contributed by atoms with Crippen LogP contribution in [0.2, 0.25) is 0 Å². The molecule has 0 fully saturated rings. The second-order valence-electron chi connectivity index (χ2n) is 3.78. The molecule has 62 valence electrons. The first-order valence-electron chi connectivity index (χ1n) is 3.73. The number of hydrogen-bond acceptors (Lipinski definition) is 2. The molecule has 1 aromatic rings. The molecule has 1 atom stereocenters. The zero-order chi connectivity index (χ0) is 8.48. The first-order valence-corrected chi connectivity index (χ1v) is 3.73. The minimum absolute atomic E-state index is 0.155. The Morgan fingerprint density at radius 2 is 2.09 bits per heavy atom. The lowest BCUT2D eigenvalue weighted by molar-refractivity contribution is 0.0434. The van der Waals surface area contributed by atoms with E-state index in [0.717, 1.165) is 0 Å². The molecule has 0 amide bonds. The predicted octanol–water partition coefficient (Wildman–Crippen LogP) is 2.36. The summed E-state index contributed by atoms with van der Waals surface area (Å²) < 4.78 is 5.07. The quantitative estimate of drug-likeness (QED) is 0.673. The fourth-order valence-corrected chi connectivity index (χ4v) is 0.874. The third-order valence-corrected chi connectivity index (χ3v) is 1.63. The fraction of sp³-hybridized carbons (Fsp3) is 0.556. The molecule has 1 heterocycles. The van der Waals surface area contributed by atoms with Gasteiger partial charge in [0.25, 0.3) is 0 Å². The van der Waals surface area contributed by atoms with Crippen molar-refractivity contribution in [3.05, 3.63) is 24.2 Å². The SMILES string of the molecule is CC(C)(C)[C@@H](O)c1ccco1. The zero-order valence-corrected chi connectivity index (χ0v) is 7.16. The van der Waals surface area contributed by atoms with Gasteiger partial charge in [-0.25, -0.2) is 0 Å². The van der Waals surface area contributed by atoms with E-state index in [2.05, 4.69) is 0 Å². The summed E-state index contributed by atoms with van der Waals surface area (Å²) in [6.45, 7) is 5.92. The number of aliphatic hydroxyl groups is 1. The van der Waals surface area contributed by atoms with Crippen molar-refractivity contribution in [2.45, 2.75) is 26.9 Å². The highest BCUT2D eigenvalue weighted by molar-refractivity contribution is 5.04. The summed E-state index contributed by atoms with van der Waals surface area (Å²) in [5, 5.41) is 9.65. The van der Waals surface area contributed by atoms with Gasteiger partial charge in [0.1, 0.15) is 11.9 Å². The summed E-state index contributed by atoms with van der Waals surface area (Å²) in [6.07, 6.45) is 1.06. The molecule has 0 aromatic carbocycles. The van der Waals surface area contributed by atoms with E-state index in [1.807, 2.05) is 20.8 Å². The molecule has 0 radical (unpaired) electrons. The Hall–Kier alpha value is -0.760. The summed E-state index contributed by atoms with van der Waals surface area (Å²) in [4.78, 5) is 0. The van der Waals surface area contributed by atoms with E-state index in [4.69, 9.17) is 4.42 Å². The second kappa shape index (κ2) is 2.70. The molecule has 1 aromatic heterocycles. The van der Waals surface area contributed by atoms with Gasteiger partial charge in [0.15, 0.2) is 0 Å². The van der Waals surface area contributed by atoms with Crippen LogP contribution >= 0.6 is 0 Å². The van der Waals surface area contributed by atoms with E-state index < -0.39 is 6.10 Å². The van der Waals surface area contributed by atoms with Crippen LogP contribution in [0, 0.1) is 5.41 Å². The largest absolute Gasteiger partial charge is 0.467 e. The standard InChI is InChI=1S/C9H14O2/c1-9(2,3)8(10)7-5-4-6-11-7/h4-6,8,10H,1-3H3/t8-/m0/s1. The van der Waals surface area contributed by atoms with Gasteiger partial charge in [0.05, 0.1) is 6.26 Å². The van der Waals surface area contributed by atoms with E-state index in [1.54, 1.807) is 18.4 Å². The average molecular weight is 154 g/mol. The van der Waals surface area contributed by atoms with Gasteiger partial charge in [-0.05, 0) is 17.5 Å². The summed E-state index contributed by atoms with van der Waals surface area (Å²) in [5.74, 6) is 0.637. The van der Waals surface area contributed by atoms with Gasteiger partial charge in [-0.1, -0.05) is 20.8 Å². The molecule has 0 saturated carbocycles. The molecule has 0 saturated heterocycles. The molecule has 0 aliphatic carbocycles. The van der Waals surface area contributed by atoms with E-state index in [-0.39, 0.29) is 5.41 Å². The topological polar surface area (TPSA) is 33.4 Å². The molecule has 11 heavy (non-hydrogen) atoms. The number of furan rings is 1. The molecular weight excluding hydrogens is 140 g/mol. The fourth-order valence-electron chi connectivity index (χ4n) is 0.874. The summed E-state index contributed by atoms with van der Waals surface area (Å²) in [5.41, 5.74) is -0.155. The van der Waals surface area contributed by atoms with Crippen molar-refractivity contribution in [1.29, 1.82) is 0 Å². The smallest absolute Gasteiger partial charge is 0.132 e. The maximum Gasteiger partial charge on any atom is 0.132 e. The van der Waals surface area contributed by atoms with Crippen LogP contribution in [0.4, 0.5) is 0 Å². The monoisotopic (exact) mass is 154 g/mol. The zero-order valence-electron chi connectivity index (χ0n) is 7.16. The predicted molar refractivity (Wildman–Crippen MR) is 43.1 cm³/mol. The Morgan fingerprint density at radius 1 is 1.45 bits per heavy atom. The van der Waals surface area contributed by atoms with Crippen molar-refractivity contribution in [2.75, 3.05) is 0 Å². The summed E-state index contributed by atoms with van der Waals surface area (Å²) in [6, 6.07) is 3.57. The molecule has 1 rings (SSSR count). The maximum atomic E-state index is 9.65. The molecule has 0 aliphatic heterocycles. The Labute approximate surface area is 66.8 Å².